The molecule has 1 atom stereocenters. The summed E-state index contributed by atoms with van der Waals surface area (Å²) in [5, 5.41) is 3.65. The van der Waals surface area contributed by atoms with Crippen LogP contribution < -0.4 is 10.1 Å². The molecule has 3 rings (SSSR count). The highest BCUT2D eigenvalue weighted by atomic mass is 32.1. The van der Waals surface area contributed by atoms with Gasteiger partial charge in [-0.05, 0) is 50.5 Å². The number of carbonyl (C=O) groups is 1. The van der Waals surface area contributed by atoms with Crippen LogP contribution in [0.25, 0.3) is 11.3 Å². The van der Waals surface area contributed by atoms with Crippen molar-refractivity contribution in [1.29, 1.82) is 0 Å². The molecule has 2 aromatic rings. The number of hydrogen-bond acceptors (Lipinski definition) is 4. The van der Waals surface area contributed by atoms with Gasteiger partial charge in [0.15, 0.2) is 5.13 Å². The van der Waals surface area contributed by atoms with Crippen molar-refractivity contribution in [3.8, 4) is 17.0 Å². The standard InChI is InChI=1S/C18H20N2O2S/c1-12-16(13-8-10-15(22-2)11-9-13)19-18(23-12)20-17(21)14-6-4-3-5-7-14/h3-4,8-11,14H,5-7H2,1-2H3,(H,19,20,21)/t14-/m0/s1. The summed E-state index contributed by atoms with van der Waals surface area (Å²) >= 11 is 1.52. The Balaban J connectivity index is 1.74. The summed E-state index contributed by atoms with van der Waals surface area (Å²) in [6.45, 7) is 2.02. The normalized spacial score (nSPS) is 17.0. The average Bonchev–Trinajstić information content (AvgIpc) is 2.96. The molecule has 0 unspecified atom stereocenters. The Morgan fingerprint density at radius 2 is 2.09 bits per heavy atom. The highest BCUT2D eigenvalue weighted by Gasteiger charge is 2.20. The third kappa shape index (κ3) is 3.62. The largest absolute Gasteiger partial charge is 0.497 e. The first kappa shape index (κ1) is 15.7. The van der Waals surface area contributed by atoms with E-state index in [1.165, 1.54) is 11.3 Å². The number of benzene rings is 1. The van der Waals surface area contributed by atoms with Crippen LogP contribution in [0.4, 0.5) is 5.13 Å². The summed E-state index contributed by atoms with van der Waals surface area (Å²) in [5.74, 6) is 0.957. The van der Waals surface area contributed by atoms with Gasteiger partial charge in [-0.15, -0.1) is 11.3 Å². The van der Waals surface area contributed by atoms with E-state index in [-0.39, 0.29) is 11.8 Å². The van der Waals surface area contributed by atoms with Gasteiger partial charge >= 0.3 is 0 Å². The molecule has 0 saturated carbocycles. The zero-order chi connectivity index (χ0) is 16.2. The fraction of sp³-hybridized carbons (Fsp3) is 0.333. The quantitative estimate of drug-likeness (QED) is 0.845. The lowest BCUT2D eigenvalue weighted by atomic mass is 9.94. The molecule has 0 fully saturated rings. The van der Waals surface area contributed by atoms with E-state index >= 15 is 0 Å². The van der Waals surface area contributed by atoms with Gasteiger partial charge in [-0.25, -0.2) is 4.98 Å². The smallest absolute Gasteiger partial charge is 0.229 e. The average molecular weight is 328 g/mol. The van der Waals surface area contributed by atoms with Gasteiger partial charge < -0.3 is 10.1 Å². The molecule has 0 saturated heterocycles. The van der Waals surface area contributed by atoms with Gasteiger partial charge in [-0.2, -0.15) is 0 Å². The SMILES string of the molecule is COc1ccc(-c2nc(NC(=O)[C@H]3CC=CCC3)sc2C)cc1. The number of thiazole rings is 1. The van der Waals surface area contributed by atoms with Crippen molar-refractivity contribution in [3.63, 3.8) is 0 Å². The monoisotopic (exact) mass is 328 g/mol. The highest BCUT2D eigenvalue weighted by Crippen LogP contribution is 2.32. The molecule has 1 aliphatic rings. The molecule has 1 aromatic heterocycles. The van der Waals surface area contributed by atoms with Crippen LogP contribution in [0.1, 0.15) is 24.1 Å². The van der Waals surface area contributed by atoms with Gasteiger partial charge in [-0.1, -0.05) is 12.2 Å². The summed E-state index contributed by atoms with van der Waals surface area (Å²) in [6, 6.07) is 7.80. The van der Waals surface area contributed by atoms with Gasteiger partial charge in [0.2, 0.25) is 5.91 Å². The van der Waals surface area contributed by atoms with Crippen molar-refractivity contribution < 1.29 is 9.53 Å². The molecule has 1 amide bonds. The van der Waals surface area contributed by atoms with Crippen molar-refractivity contribution in [3.05, 3.63) is 41.3 Å². The highest BCUT2D eigenvalue weighted by molar-refractivity contribution is 7.16. The molecule has 1 aromatic carbocycles. The lowest BCUT2D eigenvalue weighted by Gasteiger charge is -2.15. The van der Waals surface area contributed by atoms with E-state index < -0.39 is 0 Å². The van der Waals surface area contributed by atoms with Crippen LogP contribution in [-0.4, -0.2) is 18.0 Å². The second kappa shape index (κ2) is 6.96. The maximum Gasteiger partial charge on any atom is 0.229 e. The molecule has 0 aliphatic heterocycles. The van der Waals surface area contributed by atoms with Crippen molar-refractivity contribution >= 4 is 22.4 Å². The Labute approximate surface area is 140 Å². The number of nitrogens with one attached hydrogen (secondary N) is 1. The summed E-state index contributed by atoms with van der Waals surface area (Å²) in [6.07, 6.45) is 6.94. The van der Waals surface area contributed by atoms with Crippen molar-refractivity contribution in [1.82, 2.24) is 4.98 Å². The molecule has 1 heterocycles. The van der Waals surface area contributed by atoms with Crippen LogP contribution in [0, 0.1) is 12.8 Å². The molecule has 1 N–H and O–H groups in total. The molecular formula is C18H20N2O2S. The number of hydrogen-bond donors (Lipinski definition) is 1. The lowest BCUT2D eigenvalue weighted by molar-refractivity contribution is -0.120. The third-order valence-electron chi connectivity index (χ3n) is 4.03. The molecule has 4 nitrogen and oxygen atoms in total. The molecule has 0 bridgehead atoms. The van der Waals surface area contributed by atoms with Gasteiger partial charge in [0, 0.05) is 16.4 Å². The van der Waals surface area contributed by atoms with E-state index in [0.29, 0.717) is 5.13 Å². The van der Waals surface area contributed by atoms with Crippen LogP contribution in [0.3, 0.4) is 0 Å². The van der Waals surface area contributed by atoms with E-state index in [4.69, 9.17) is 4.74 Å². The number of methoxy groups -OCH3 is 1. The van der Waals surface area contributed by atoms with E-state index in [2.05, 4.69) is 22.5 Å². The molecule has 1 aliphatic carbocycles. The summed E-state index contributed by atoms with van der Waals surface area (Å²) in [4.78, 5) is 18.0. The van der Waals surface area contributed by atoms with Gasteiger partial charge in [-0.3, -0.25) is 4.79 Å². The number of allylic oxidation sites excluding steroid dienone is 2. The van der Waals surface area contributed by atoms with Crippen molar-refractivity contribution in [2.75, 3.05) is 12.4 Å². The maximum absolute atomic E-state index is 12.3. The topological polar surface area (TPSA) is 51.2 Å². The number of carbonyl (C=O) groups excluding carboxylic acids is 1. The fourth-order valence-corrected chi connectivity index (χ4v) is 3.54. The number of nitrogens with zero attached hydrogens (tertiary/aromatic N) is 1. The van der Waals surface area contributed by atoms with Crippen LogP contribution in [-0.2, 0) is 4.79 Å². The van der Waals surface area contributed by atoms with Crippen LogP contribution in [0.15, 0.2) is 36.4 Å². The Hall–Kier alpha value is -2.14. The number of amides is 1. The number of aryl methyl sites for hydroxylation is 1. The zero-order valence-electron chi connectivity index (χ0n) is 13.3. The Kier molecular flexibility index (Phi) is 4.76. The fourth-order valence-electron chi connectivity index (χ4n) is 2.71. The third-order valence-corrected chi connectivity index (χ3v) is 4.92. The minimum atomic E-state index is 0.0636. The molecule has 5 heteroatoms. The van der Waals surface area contributed by atoms with Crippen molar-refractivity contribution in [2.45, 2.75) is 26.2 Å². The first-order valence-corrected chi connectivity index (χ1v) is 8.56. The summed E-state index contributed by atoms with van der Waals surface area (Å²) < 4.78 is 5.18. The Morgan fingerprint density at radius 1 is 1.30 bits per heavy atom. The first-order chi connectivity index (χ1) is 11.2. The first-order valence-electron chi connectivity index (χ1n) is 7.75. The van der Waals surface area contributed by atoms with E-state index in [9.17, 15) is 4.79 Å². The van der Waals surface area contributed by atoms with Crippen molar-refractivity contribution in [2.24, 2.45) is 5.92 Å². The molecule has 0 spiro atoms. The Bertz CT molecular complexity index is 719. The summed E-state index contributed by atoms with van der Waals surface area (Å²) in [7, 11) is 1.65. The molecule has 23 heavy (non-hydrogen) atoms. The maximum atomic E-state index is 12.3. The molecular weight excluding hydrogens is 308 g/mol. The van der Waals surface area contributed by atoms with Gasteiger partial charge in [0.25, 0.3) is 0 Å². The van der Waals surface area contributed by atoms with Crippen LogP contribution >= 0.6 is 11.3 Å². The predicted molar refractivity (Wildman–Crippen MR) is 93.9 cm³/mol. The number of rotatable bonds is 4. The number of anilines is 1. The number of aromatic nitrogens is 1. The second-order valence-corrected chi connectivity index (χ2v) is 6.83. The van der Waals surface area contributed by atoms with Gasteiger partial charge in [0.1, 0.15) is 5.75 Å². The zero-order valence-corrected chi connectivity index (χ0v) is 14.2. The molecule has 120 valence electrons. The molecule has 0 radical (unpaired) electrons. The minimum absolute atomic E-state index is 0.0636. The van der Waals surface area contributed by atoms with E-state index in [1.807, 2.05) is 31.2 Å². The second-order valence-electron chi connectivity index (χ2n) is 5.62. The van der Waals surface area contributed by atoms with Crippen LogP contribution in [0.5, 0.6) is 5.75 Å². The van der Waals surface area contributed by atoms with E-state index in [1.54, 1.807) is 7.11 Å². The minimum Gasteiger partial charge on any atom is -0.497 e. The Morgan fingerprint density at radius 3 is 2.74 bits per heavy atom. The summed E-state index contributed by atoms with van der Waals surface area (Å²) in [5.41, 5.74) is 1.94. The van der Waals surface area contributed by atoms with Gasteiger partial charge in [0.05, 0.1) is 12.8 Å². The van der Waals surface area contributed by atoms with E-state index in [0.717, 1.165) is 41.1 Å². The predicted octanol–water partition coefficient (Wildman–Crippen LogP) is 4.42. The lowest BCUT2D eigenvalue weighted by Crippen LogP contribution is -2.23. The van der Waals surface area contributed by atoms with Crippen LogP contribution in [0.2, 0.25) is 0 Å². The number of ether oxygens (including phenoxy) is 1.